The Morgan fingerprint density at radius 3 is 2.40 bits per heavy atom. The first-order chi connectivity index (χ1) is 20.1. The van der Waals surface area contributed by atoms with E-state index >= 15 is 0 Å². The van der Waals surface area contributed by atoms with Crippen LogP contribution >= 0.6 is 11.3 Å². The Bertz CT molecular complexity index is 1550. The van der Waals surface area contributed by atoms with Crippen molar-refractivity contribution in [1.29, 1.82) is 0 Å². The number of aromatic nitrogens is 3. The van der Waals surface area contributed by atoms with Gasteiger partial charge in [0.2, 0.25) is 5.88 Å². The van der Waals surface area contributed by atoms with Gasteiger partial charge in [0.1, 0.15) is 29.8 Å². The third-order valence-electron chi connectivity index (χ3n) is 8.16. The lowest BCUT2D eigenvalue weighted by Gasteiger charge is -2.57. The molecule has 3 aliphatic rings. The number of imidazole rings is 1. The molecule has 0 unspecified atom stereocenters. The van der Waals surface area contributed by atoms with E-state index in [0.29, 0.717) is 29.5 Å². The molecule has 17 heteroatoms. The van der Waals surface area contributed by atoms with Crippen LogP contribution in [0.1, 0.15) is 69.6 Å². The molecule has 2 amide bonds. The Morgan fingerprint density at radius 1 is 1.12 bits per heavy atom. The van der Waals surface area contributed by atoms with Gasteiger partial charge in [-0.15, -0.1) is 11.3 Å². The summed E-state index contributed by atoms with van der Waals surface area (Å²) in [5.74, 6) is -0.802. The van der Waals surface area contributed by atoms with Gasteiger partial charge in [0.25, 0.3) is 17.4 Å². The van der Waals surface area contributed by atoms with E-state index in [2.05, 4.69) is 20.0 Å². The van der Waals surface area contributed by atoms with E-state index in [1.807, 2.05) is 0 Å². The minimum Gasteiger partial charge on any atom is -0.488 e. The van der Waals surface area contributed by atoms with E-state index in [9.17, 15) is 41.0 Å². The lowest BCUT2D eigenvalue weighted by atomic mass is 9.53. The number of nitrogens with one attached hydrogen (secondary N) is 1. The van der Waals surface area contributed by atoms with Crippen molar-refractivity contribution in [2.45, 2.75) is 74.5 Å². The van der Waals surface area contributed by atoms with Gasteiger partial charge >= 0.3 is 12.4 Å². The molecule has 3 fully saturated rings. The van der Waals surface area contributed by atoms with Crippen molar-refractivity contribution in [2.75, 3.05) is 6.61 Å². The molecule has 0 atom stereocenters. The molecule has 0 bridgehead atoms. The SMILES string of the molecule is NC(=O)c1sc(C2CC2)nc1OC1CC2(CC(NC(=O)c3ncn4cc(OCC(O)(C(F)(F)F)C(F)(F)F)ccc34)C2)C1. The highest BCUT2D eigenvalue weighted by Gasteiger charge is 2.71. The molecule has 3 aromatic rings. The summed E-state index contributed by atoms with van der Waals surface area (Å²) in [6.45, 7) is -2.11. The van der Waals surface area contributed by atoms with Gasteiger partial charge in [0.05, 0.1) is 11.7 Å². The summed E-state index contributed by atoms with van der Waals surface area (Å²) in [4.78, 5) is 33.5. The standard InChI is InChI=1S/C26H25F6N5O5S/c27-25(28,29)24(40,26(30,31)32)10-41-14-3-4-16-17(34-11-37(16)9-14)20(39)35-13-5-23(6-13)7-15(8-23)42-21-18(19(33)38)43-22(36-21)12-1-2-12/h3-4,9,11-13,15,40H,1-2,5-8,10H2,(H2,33,38)(H,35,39). The number of thiazole rings is 1. The molecule has 1 spiro atoms. The quantitative estimate of drug-likeness (QED) is 0.301. The van der Waals surface area contributed by atoms with E-state index in [4.69, 9.17) is 10.5 Å². The number of aliphatic hydroxyl groups is 1. The zero-order chi connectivity index (χ0) is 30.9. The topological polar surface area (TPSA) is 141 Å². The molecule has 10 nitrogen and oxygen atoms in total. The number of primary amides is 1. The first kappa shape index (κ1) is 29.5. The van der Waals surface area contributed by atoms with Crippen LogP contribution in [-0.2, 0) is 0 Å². The van der Waals surface area contributed by atoms with E-state index < -0.39 is 42.1 Å². The highest BCUT2D eigenvalue weighted by Crippen LogP contribution is 2.57. The maximum atomic E-state index is 12.9. The van der Waals surface area contributed by atoms with E-state index in [1.54, 1.807) is 0 Å². The Labute approximate surface area is 243 Å². The molecular formula is C26H25F6N5O5S. The fraction of sp³-hybridized carbons (Fsp3) is 0.538. The number of alkyl halides is 6. The molecule has 3 saturated carbocycles. The van der Waals surface area contributed by atoms with Crippen LogP contribution in [0.2, 0.25) is 0 Å². The summed E-state index contributed by atoms with van der Waals surface area (Å²) in [7, 11) is 0. The van der Waals surface area contributed by atoms with Crippen LogP contribution < -0.4 is 20.5 Å². The number of hydrogen-bond acceptors (Lipinski definition) is 8. The van der Waals surface area contributed by atoms with Gasteiger partial charge in [-0.25, -0.2) is 9.97 Å². The van der Waals surface area contributed by atoms with Crippen LogP contribution in [0.5, 0.6) is 11.6 Å². The molecule has 0 aromatic carbocycles. The first-order valence-corrected chi connectivity index (χ1v) is 14.1. The Morgan fingerprint density at radius 2 is 1.79 bits per heavy atom. The van der Waals surface area contributed by atoms with E-state index in [0.717, 1.165) is 43.0 Å². The Hall–Kier alpha value is -3.60. The van der Waals surface area contributed by atoms with Crippen molar-refractivity contribution < 1.29 is 50.5 Å². The average molecular weight is 634 g/mol. The van der Waals surface area contributed by atoms with Crippen LogP contribution in [0, 0.1) is 5.41 Å². The molecule has 3 heterocycles. The predicted molar refractivity (Wildman–Crippen MR) is 137 cm³/mol. The molecule has 3 aliphatic carbocycles. The maximum Gasteiger partial charge on any atom is 0.429 e. The molecule has 43 heavy (non-hydrogen) atoms. The van der Waals surface area contributed by atoms with Crippen LogP contribution in [0.25, 0.3) is 5.52 Å². The predicted octanol–water partition coefficient (Wildman–Crippen LogP) is 4.12. The van der Waals surface area contributed by atoms with Gasteiger partial charge in [-0.05, 0) is 56.1 Å². The van der Waals surface area contributed by atoms with Crippen LogP contribution in [0.3, 0.4) is 0 Å². The minimum atomic E-state index is -6.02. The summed E-state index contributed by atoms with van der Waals surface area (Å²) in [6, 6.07) is 2.21. The second-order valence-electron chi connectivity index (χ2n) is 11.4. The number of fused-ring (bicyclic) bond motifs is 1. The number of halogens is 6. The fourth-order valence-corrected chi connectivity index (χ4v) is 6.66. The number of hydrogen-bond donors (Lipinski definition) is 3. The highest BCUT2D eigenvalue weighted by molar-refractivity contribution is 7.14. The fourth-order valence-electron chi connectivity index (χ4n) is 5.64. The largest absolute Gasteiger partial charge is 0.488 e. The van der Waals surface area contributed by atoms with E-state index in [1.165, 1.54) is 28.1 Å². The minimum absolute atomic E-state index is 0.00209. The van der Waals surface area contributed by atoms with E-state index in [-0.39, 0.29) is 28.8 Å². The van der Waals surface area contributed by atoms with Crippen molar-refractivity contribution in [3.05, 3.63) is 40.2 Å². The van der Waals surface area contributed by atoms with Crippen molar-refractivity contribution in [3.8, 4) is 11.6 Å². The number of amides is 2. The molecule has 0 radical (unpaired) electrons. The van der Waals surface area contributed by atoms with Gasteiger partial charge in [-0.1, -0.05) is 0 Å². The van der Waals surface area contributed by atoms with Crippen LogP contribution in [0.15, 0.2) is 24.7 Å². The van der Waals surface area contributed by atoms with Crippen molar-refractivity contribution in [2.24, 2.45) is 11.1 Å². The van der Waals surface area contributed by atoms with Crippen molar-refractivity contribution in [3.63, 3.8) is 0 Å². The monoisotopic (exact) mass is 633 g/mol. The Balaban J connectivity index is 1.02. The normalized spacial score (nSPS) is 24.0. The summed E-state index contributed by atoms with van der Waals surface area (Å²) in [6.07, 6.45) is -4.96. The number of carbonyl (C=O) groups excluding carboxylic acids is 2. The maximum absolute atomic E-state index is 12.9. The summed E-state index contributed by atoms with van der Waals surface area (Å²) >= 11 is 1.28. The second-order valence-corrected chi connectivity index (χ2v) is 12.5. The number of pyridine rings is 1. The molecule has 3 aromatic heterocycles. The summed E-state index contributed by atoms with van der Waals surface area (Å²) in [5.41, 5.74) is 0.694. The molecular weight excluding hydrogens is 608 g/mol. The van der Waals surface area contributed by atoms with Gasteiger partial charge in [0.15, 0.2) is 10.6 Å². The lowest BCUT2D eigenvalue weighted by Crippen LogP contribution is -2.60. The number of carbonyl (C=O) groups is 2. The third kappa shape index (κ3) is 5.36. The van der Waals surface area contributed by atoms with Crippen LogP contribution in [-0.4, -0.2) is 68.0 Å². The lowest BCUT2D eigenvalue weighted by molar-refractivity contribution is -0.373. The average Bonchev–Trinajstić information content (AvgIpc) is 3.49. The number of nitrogens with zero attached hydrogens (tertiary/aromatic N) is 3. The Kier molecular flexibility index (Phi) is 6.83. The smallest absolute Gasteiger partial charge is 0.429 e. The zero-order valence-corrected chi connectivity index (χ0v) is 23.0. The molecule has 0 saturated heterocycles. The van der Waals surface area contributed by atoms with Gasteiger partial charge in [-0.3, -0.25) is 9.59 Å². The summed E-state index contributed by atoms with van der Waals surface area (Å²) in [5, 5.41) is 13.0. The molecule has 232 valence electrons. The number of ether oxygens (including phenoxy) is 2. The third-order valence-corrected chi connectivity index (χ3v) is 9.37. The zero-order valence-electron chi connectivity index (χ0n) is 22.2. The first-order valence-electron chi connectivity index (χ1n) is 13.3. The second kappa shape index (κ2) is 9.97. The summed E-state index contributed by atoms with van der Waals surface area (Å²) < 4.78 is 89.3. The molecule has 6 rings (SSSR count). The number of rotatable bonds is 9. The molecule has 0 aliphatic heterocycles. The van der Waals surface area contributed by atoms with Gasteiger partial charge in [-0.2, -0.15) is 26.3 Å². The van der Waals surface area contributed by atoms with Gasteiger partial charge in [0, 0.05) is 12.0 Å². The molecule has 4 N–H and O–H groups in total. The number of nitrogens with two attached hydrogens (primary N) is 1. The highest BCUT2D eigenvalue weighted by atomic mass is 32.1. The van der Waals surface area contributed by atoms with Crippen LogP contribution in [0.4, 0.5) is 26.3 Å². The van der Waals surface area contributed by atoms with Crippen molar-refractivity contribution >= 4 is 28.7 Å². The van der Waals surface area contributed by atoms with Crippen molar-refractivity contribution in [1.82, 2.24) is 19.7 Å². The van der Waals surface area contributed by atoms with Gasteiger partial charge < -0.3 is 30.0 Å².